The Bertz CT molecular complexity index is 804. The molecule has 0 spiro atoms. The number of hydrogen-bond acceptors (Lipinski definition) is 3. The summed E-state index contributed by atoms with van der Waals surface area (Å²) in [6.45, 7) is 10.8. The quantitative estimate of drug-likeness (QED) is 0.581. The van der Waals surface area contributed by atoms with Crippen molar-refractivity contribution in [2.75, 3.05) is 19.7 Å². The number of piperidine rings is 1. The van der Waals surface area contributed by atoms with Gasteiger partial charge in [-0.3, -0.25) is 9.88 Å². The Morgan fingerprint density at radius 2 is 1.97 bits per heavy atom. The molecule has 0 bridgehead atoms. The van der Waals surface area contributed by atoms with E-state index in [1.165, 1.54) is 70.0 Å². The van der Waals surface area contributed by atoms with Crippen LogP contribution in [0.3, 0.4) is 0 Å². The molecule has 2 aliphatic carbocycles. The van der Waals surface area contributed by atoms with Gasteiger partial charge in [0.05, 0.1) is 12.8 Å². The summed E-state index contributed by atoms with van der Waals surface area (Å²) in [6.07, 6.45) is 18.6. The summed E-state index contributed by atoms with van der Waals surface area (Å²) in [5, 5.41) is 0. The van der Waals surface area contributed by atoms with Gasteiger partial charge in [-0.05, 0) is 105 Å². The Morgan fingerprint density at radius 3 is 2.83 bits per heavy atom. The van der Waals surface area contributed by atoms with Gasteiger partial charge in [0.25, 0.3) is 0 Å². The van der Waals surface area contributed by atoms with Crippen molar-refractivity contribution < 1.29 is 4.74 Å². The molecule has 5 rings (SSSR count). The average molecular weight is 409 g/mol. The van der Waals surface area contributed by atoms with Crippen molar-refractivity contribution >= 4 is 5.57 Å². The van der Waals surface area contributed by atoms with Crippen LogP contribution in [-0.2, 0) is 0 Å². The van der Waals surface area contributed by atoms with E-state index in [9.17, 15) is 0 Å². The van der Waals surface area contributed by atoms with E-state index in [1.807, 2.05) is 6.20 Å². The zero-order chi connectivity index (χ0) is 20.8. The molecule has 0 N–H and O–H groups in total. The van der Waals surface area contributed by atoms with Crippen LogP contribution in [0.25, 0.3) is 5.57 Å². The van der Waals surface area contributed by atoms with Gasteiger partial charge in [-0.1, -0.05) is 32.8 Å². The summed E-state index contributed by atoms with van der Waals surface area (Å²) in [5.74, 6) is 3.49. The third kappa shape index (κ3) is 3.23. The number of allylic oxidation sites excluding steroid dienone is 2. The monoisotopic (exact) mass is 408 g/mol. The minimum atomic E-state index is 0.301. The molecule has 4 aliphatic rings. The third-order valence-corrected chi connectivity index (χ3v) is 9.38. The maximum atomic E-state index is 5.90. The molecule has 5 unspecified atom stereocenters. The van der Waals surface area contributed by atoms with Crippen LogP contribution in [0.4, 0.5) is 0 Å². The Kier molecular flexibility index (Phi) is 5.46. The predicted molar refractivity (Wildman–Crippen MR) is 123 cm³/mol. The summed E-state index contributed by atoms with van der Waals surface area (Å²) in [7, 11) is 0. The fourth-order valence-electron chi connectivity index (χ4n) is 7.81. The summed E-state index contributed by atoms with van der Waals surface area (Å²) < 4.78 is 5.90. The number of pyridine rings is 1. The summed E-state index contributed by atoms with van der Waals surface area (Å²) in [5.41, 5.74) is 3.59. The van der Waals surface area contributed by atoms with E-state index in [1.54, 1.807) is 5.57 Å². The SMILES string of the molecule is CCCOc1cncc(C2=CCC3C4CCN5CCCCCC5(C)C4CCC23C)c1. The standard InChI is InChI=1S/C27H40N2O/c1-4-16-30-21-17-20(18-28-19-21)23-8-9-24-22-11-15-29-14-7-5-6-12-27(29,3)25(22)10-13-26(23,24)2/h8,17-19,22,24-25H,4-7,9-16H2,1-3H3. The van der Waals surface area contributed by atoms with E-state index in [0.29, 0.717) is 11.0 Å². The van der Waals surface area contributed by atoms with Gasteiger partial charge in [0.1, 0.15) is 5.75 Å². The Balaban J connectivity index is 1.40. The van der Waals surface area contributed by atoms with Crippen molar-refractivity contribution in [1.29, 1.82) is 0 Å². The number of nitrogens with zero attached hydrogens (tertiary/aromatic N) is 2. The van der Waals surface area contributed by atoms with Gasteiger partial charge in [0, 0.05) is 11.7 Å². The highest BCUT2D eigenvalue weighted by Crippen LogP contribution is 2.63. The zero-order valence-corrected chi connectivity index (χ0v) is 19.3. The van der Waals surface area contributed by atoms with Gasteiger partial charge in [-0.15, -0.1) is 0 Å². The molecular formula is C27H40N2O. The molecule has 30 heavy (non-hydrogen) atoms. The van der Waals surface area contributed by atoms with E-state index < -0.39 is 0 Å². The lowest BCUT2D eigenvalue weighted by Gasteiger charge is -2.60. The fourth-order valence-corrected chi connectivity index (χ4v) is 7.81. The Hall–Kier alpha value is -1.35. The number of aromatic nitrogens is 1. The molecule has 164 valence electrons. The third-order valence-electron chi connectivity index (χ3n) is 9.38. The van der Waals surface area contributed by atoms with Crippen LogP contribution in [0.15, 0.2) is 24.5 Å². The van der Waals surface area contributed by atoms with Crippen LogP contribution in [0.2, 0.25) is 0 Å². The van der Waals surface area contributed by atoms with Crippen molar-refractivity contribution in [3.8, 4) is 5.75 Å². The second kappa shape index (κ2) is 7.97. The molecule has 3 heterocycles. The van der Waals surface area contributed by atoms with Crippen LogP contribution in [-0.4, -0.2) is 35.1 Å². The first kappa shape index (κ1) is 20.5. The van der Waals surface area contributed by atoms with Crippen molar-refractivity contribution in [2.24, 2.45) is 23.2 Å². The molecule has 3 nitrogen and oxygen atoms in total. The van der Waals surface area contributed by atoms with E-state index in [2.05, 4.69) is 49.0 Å². The van der Waals surface area contributed by atoms with Crippen LogP contribution < -0.4 is 4.74 Å². The second-order valence-electron chi connectivity index (χ2n) is 10.9. The molecule has 2 saturated heterocycles. The van der Waals surface area contributed by atoms with Crippen molar-refractivity contribution in [3.05, 3.63) is 30.1 Å². The maximum absolute atomic E-state index is 5.90. The highest BCUT2D eigenvalue weighted by Gasteiger charge is 2.57. The van der Waals surface area contributed by atoms with Crippen molar-refractivity contribution in [3.63, 3.8) is 0 Å². The highest BCUT2D eigenvalue weighted by atomic mass is 16.5. The molecular weight excluding hydrogens is 368 g/mol. The predicted octanol–water partition coefficient (Wildman–Crippen LogP) is 6.34. The van der Waals surface area contributed by atoms with E-state index in [-0.39, 0.29) is 0 Å². The minimum absolute atomic E-state index is 0.301. The number of rotatable bonds is 4. The molecule has 5 atom stereocenters. The molecule has 1 saturated carbocycles. The van der Waals surface area contributed by atoms with Crippen LogP contribution in [0.1, 0.15) is 84.1 Å². The summed E-state index contributed by atoms with van der Waals surface area (Å²) in [4.78, 5) is 7.43. The lowest BCUT2D eigenvalue weighted by molar-refractivity contribution is -0.0868. The lowest BCUT2D eigenvalue weighted by Crippen LogP contribution is -2.61. The Morgan fingerprint density at radius 1 is 1.07 bits per heavy atom. The largest absolute Gasteiger partial charge is 0.492 e. The van der Waals surface area contributed by atoms with Gasteiger partial charge in [0.2, 0.25) is 0 Å². The van der Waals surface area contributed by atoms with E-state index in [4.69, 9.17) is 4.74 Å². The zero-order valence-electron chi connectivity index (χ0n) is 19.3. The van der Waals surface area contributed by atoms with Crippen LogP contribution in [0, 0.1) is 23.2 Å². The Labute approximate surface area is 183 Å². The topological polar surface area (TPSA) is 25.4 Å². The van der Waals surface area contributed by atoms with Crippen LogP contribution >= 0.6 is 0 Å². The van der Waals surface area contributed by atoms with Crippen LogP contribution in [0.5, 0.6) is 5.75 Å². The molecule has 2 aliphatic heterocycles. The maximum Gasteiger partial charge on any atom is 0.138 e. The minimum Gasteiger partial charge on any atom is -0.492 e. The molecule has 0 radical (unpaired) electrons. The summed E-state index contributed by atoms with van der Waals surface area (Å²) in [6, 6.07) is 2.24. The first-order chi connectivity index (χ1) is 14.6. The average Bonchev–Trinajstić information content (AvgIpc) is 2.98. The molecule has 1 aromatic rings. The fraction of sp³-hybridized carbons (Fsp3) is 0.741. The smallest absolute Gasteiger partial charge is 0.138 e. The second-order valence-corrected chi connectivity index (χ2v) is 10.9. The van der Waals surface area contributed by atoms with Gasteiger partial charge in [0.15, 0.2) is 0 Å². The first-order valence-corrected chi connectivity index (χ1v) is 12.6. The number of fused-ring (bicyclic) bond motifs is 5. The van der Waals surface area contributed by atoms with Crippen molar-refractivity contribution in [1.82, 2.24) is 9.88 Å². The summed E-state index contributed by atoms with van der Waals surface area (Å²) >= 11 is 0. The molecule has 1 aromatic heterocycles. The lowest BCUT2D eigenvalue weighted by atomic mass is 9.52. The molecule has 0 amide bonds. The van der Waals surface area contributed by atoms with Gasteiger partial charge >= 0.3 is 0 Å². The first-order valence-electron chi connectivity index (χ1n) is 12.6. The van der Waals surface area contributed by atoms with Crippen molar-refractivity contribution in [2.45, 2.75) is 84.1 Å². The highest BCUT2D eigenvalue weighted by molar-refractivity contribution is 5.73. The normalized spacial score (nSPS) is 38.8. The molecule has 3 fully saturated rings. The van der Waals surface area contributed by atoms with E-state index in [0.717, 1.165) is 36.5 Å². The number of ether oxygens (including phenoxy) is 1. The van der Waals surface area contributed by atoms with Gasteiger partial charge in [-0.2, -0.15) is 0 Å². The molecule has 0 aromatic carbocycles. The van der Waals surface area contributed by atoms with E-state index >= 15 is 0 Å². The number of hydrogen-bond donors (Lipinski definition) is 0. The van der Waals surface area contributed by atoms with Gasteiger partial charge < -0.3 is 4.74 Å². The molecule has 3 heteroatoms. The van der Waals surface area contributed by atoms with Gasteiger partial charge in [-0.25, -0.2) is 0 Å².